The highest BCUT2D eigenvalue weighted by Gasteiger charge is 2.39. The predicted octanol–water partition coefficient (Wildman–Crippen LogP) is 3.57. The summed E-state index contributed by atoms with van der Waals surface area (Å²) in [5, 5.41) is 19.1. The van der Waals surface area contributed by atoms with Gasteiger partial charge in [-0.1, -0.05) is 24.3 Å². The average Bonchev–Trinajstić information content (AvgIpc) is 3.34. The van der Waals surface area contributed by atoms with Crippen LogP contribution in [0.5, 0.6) is 6.01 Å². The summed E-state index contributed by atoms with van der Waals surface area (Å²) in [6.45, 7) is 4.56. The number of piperazine rings is 1. The lowest BCUT2D eigenvalue weighted by Crippen LogP contribution is -2.55. The molecule has 1 N–H and O–H groups in total. The first-order valence-electron chi connectivity index (χ1n) is 14.8. The second kappa shape index (κ2) is 10.5. The molecule has 0 bridgehead atoms. The van der Waals surface area contributed by atoms with Crippen LogP contribution in [0.2, 0.25) is 0 Å². The first-order valence-corrected chi connectivity index (χ1v) is 14.8. The molecule has 7 rings (SSSR count). The fourth-order valence-electron chi connectivity index (χ4n) is 7.37. The maximum absolute atomic E-state index is 11.8. The molecule has 3 atom stereocenters. The first-order chi connectivity index (χ1) is 19.6. The molecule has 40 heavy (non-hydrogen) atoms. The number of nitriles is 1. The summed E-state index contributed by atoms with van der Waals surface area (Å²) < 4.78 is 6.34. The van der Waals surface area contributed by atoms with E-state index in [1.807, 2.05) is 0 Å². The maximum atomic E-state index is 11.8. The van der Waals surface area contributed by atoms with Crippen molar-refractivity contribution in [2.75, 3.05) is 37.7 Å². The topological polar surface area (TPSA) is 109 Å². The average molecular weight is 544 g/mol. The number of benzene rings is 1. The molecule has 1 aromatic heterocycles. The van der Waals surface area contributed by atoms with E-state index in [1.54, 1.807) is 0 Å². The fourth-order valence-corrected chi connectivity index (χ4v) is 7.37. The molecule has 1 saturated carbocycles. The number of anilines is 1. The molecular weight excluding hydrogens is 506 g/mol. The largest absolute Gasteiger partial charge is 0.465 e. The van der Waals surface area contributed by atoms with E-state index in [2.05, 4.69) is 45.0 Å². The quantitative estimate of drug-likeness (QED) is 0.561. The van der Waals surface area contributed by atoms with Crippen molar-refractivity contribution in [1.29, 1.82) is 5.26 Å². The number of nitrogens with zero attached hydrogens (tertiary/aromatic N) is 7. The van der Waals surface area contributed by atoms with Crippen molar-refractivity contribution in [1.82, 2.24) is 24.7 Å². The predicted molar refractivity (Wildman–Crippen MR) is 148 cm³/mol. The fraction of sp³-hybridized carbons (Fsp3) is 0.600. The Morgan fingerprint density at radius 2 is 1.95 bits per heavy atom. The molecule has 2 saturated heterocycles. The van der Waals surface area contributed by atoms with Crippen LogP contribution in [0.25, 0.3) is 0 Å². The minimum Gasteiger partial charge on any atom is -0.465 e. The lowest BCUT2D eigenvalue weighted by Gasteiger charge is -2.40. The highest BCUT2D eigenvalue weighted by atomic mass is 16.5. The third-order valence-corrected chi connectivity index (χ3v) is 9.50. The molecule has 5 aliphatic rings. The van der Waals surface area contributed by atoms with E-state index in [9.17, 15) is 15.2 Å². The third-order valence-electron chi connectivity index (χ3n) is 9.50. The Labute approximate surface area is 235 Å². The van der Waals surface area contributed by atoms with Crippen molar-refractivity contribution >= 4 is 11.9 Å². The van der Waals surface area contributed by atoms with Gasteiger partial charge in [0.2, 0.25) is 0 Å². The van der Waals surface area contributed by atoms with Crippen LogP contribution in [0, 0.1) is 11.3 Å². The number of likely N-dealkylation sites (tertiary alicyclic amines) is 1. The van der Waals surface area contributed by atoms with E-state index in [4.69, 9.17) is 14.7 Å². The highest BCUT2D eigenvalue weighted by Crippen LogP contribution is 2.42. The third kappa shape index (κ3) is 4.75. The second-order valence-electron chi connectivity index (χ2n) is 11.9. The summed E-state index contributed by atoms with van der Waals surface area (Å²) in [5.41, 5.74) is 4.95. The van der Waals surface area contributed by atoms with Gasteiger partial charge in [-0.25, -0.2) is 4.79 Å². The van der Waals surface area contributed by atoms with Crippen LogP contribution in [0.3, 0.4) is 0 Å². The van der Waals surface area contributed by atoms with Crippen LogP contribution in [0.4, 0.5) is 10.6 Å². The molecule has 1 unspecified atom stereocenters. The lowest BCUT2D eigenvalue weighted by atomic mass is 10.1. The summed E-state index contributed by atoms with van der Waals surface area (Å²) in [4.78, 5) is 30.4. The van der Waals surface area contributed by atoms with Crippen molar-refractivity contribution in [3.05, 3.63) is 46.6 Å². The van der Waals surface area contributed by atoms with Crippen LogP contribution in [0.15, 0.2) is 24.3 Å². The zero-order valence-electron chi connectivity index (χ0n) is 22.9. The maximum Gasteiger partial charge on any atom is 0.407 e. The standard InChI is InChI=1S/C30H37N7O3/c31-12-11-22-16-34(14-15-37(22)30(38)39)28-25-17-35(27-10-7-20-4-1-2-6-24(20)27)18-26(25)32-29(33-28)40-19-23-5-3-13-36(23)21-8-9-21/h1-2,4,6,21-23,27H,3,5,7-11,13-19H2,(H,38,39)/t22-,23-,27?/m0/s1. The smallest absolute Gasteiger partial charge is 0.407 e. The van der Waals surface area contributed by atoms with Crippen molar-refractivity contribution in [3.8, 4) is 12.1 Å². The van der Waals surface area contributed by atoms with E-state index in [0.29, 0.717) is 44.3 Å². The van der Waals surface area contributed by atoms with Crippen molar-refractivity contribution < 1.29 is 14.6 Å². The van der Waals surface area contributed by atoms with E-state index in [0.717, 1.165) is 62.0 Å². The number of carbonyl (C=O) groups is 1. The molecule has 210 valence electrons. The summed E-state index contributed by atoms with van der Waals surface area (Å²) in [5.74, 6) is 0.840. The van der Waals surface area contributed by atoms with Crippen molar-refractivity contribution in [2.45, 2.75) is 82.2 Å². The van der Waals surface area contributed by atoms with Crippen molar-refractivity contribution in [3.63, 3.8) is 0 Å². The van der Waals surface area contributed by atoms with Gasteiger partial charge < -0.3 is 19.6 Å². The molecular formula is C30H37N7O3. The number of aryl methyl sites for hydroxylation is 1. The molecule has 10 heteroatoms. The van der Waals surface area contributed by atoms with E-state index in [1.165, 1.54) is 35.3 Å². The number of hydrogen-bond donors (Lipinski definition) is 1. The molecule has 1 aromatic carbocycles. The summed E-state index contributed by atoms with van der Waals surface area (Å²) in [7, 11) is 0. The van der Waals surface area contributed by atoms with Crippen LogP contribution in [0.1, 0.15) is 67.0 Å². The van der Waals surface area contributed by atoms with Gasteiger partial charge in [0, 0.05) is 56.4 Å². The Bertz CT molecular complexity index is 1320. The van der Waals surface area contributed by atoms with Crippen molar-refractivity contribution in [2.24, 2.45) is 0 Å². The van der Waals surface area contributed by atoms with Gasteiger partial charge in [0.05, 0.1) is 24.2 Å². The zero-order valence-corrected chi connectivity index (χ0v) is 22.9. The van der Waals surface area contributed by atoms with Crippen LogP contribution in [-0.2, 0) is 19.5 Å². The van der Waals surface area contributed by atoms with Crippen LogP contribution in [-0.4, -0.2) is 86.8 Å². The zero-order chi connectivity index (χ0) is 27.2. The molecule has 3 fully saturated rings. The van der Waals surface area contributed by atoms with E-state index < -0.39 is 12.1 Å². The Balaban J connectivity index is 1.16. The molecule has 2 aliphatic carbocycles. The Hall–Kier alpha value is -3.42. The SMILES string of the molecule is N#CC[C@H]1CN(c2nc(OC[C@@H]3CCCN3C3CC3)nc3c2CN(C2CCc4ccccc42)C3)CCN1C(=O)O. The highest BCUT2D eigenvalue weighted by molar-refractivity contribution is 5.66. The number of carboxylic acid groups (broad SMARTS) is 1. The number of ether oxygens (including phenoxy) is 1. The molecule has 0 spiro atoms. The number of fused-ring (bicyclic) bond motifs is 2. The van der Waals surface area contributed by atoms with Gasteiger partial charge in [-0.15, -0.1) is 0 Å². The van der Waals surface area contributed by atoms with Crippen LogP contribution < -0.4 is 9.64 Å². The monoisotopic (exact) mass is 543 g/mol. The first kappa shape index (κ1) is 25.5. The number of hydrogen-bond acceptors (Lipinski definition) is 8. The summed E-state index contributed by atoms with van der Waals surface area (Å²) in [6.07, 6.45) is 6.32. The molecule has 1 amide bonds. The molecule has 4 heterocycles. The minimum atomic E-state index is -0.973. The molecule has 2 aromatic rings. The van der Waals surface area contributed by atoms with E-state index >= 15 is 0 Å². The van der Waals surface area contributed by atoms with Gasteiger partial charge in [0.15, 0.2) is 0 Å². The van der Waals surface area contributed by atoms with Gasteiger partial charge in [0.1, 0.15) is 12.4 Å². The molecule has 10 nitrogen and oxygen atoms in total. The summed E-state index contributed by atoms with van der Waals surface area (Å²) in [6, 6.07) is 12.4. The Morgan fingerprint density at radius 1 is 1.07 bits per heavy atom. The molecule has 0 radical (unpaired) electrons. The second-order valence-corrected chi connectivity index (χ2v) is 11.9. The number of amides is 1. The van der Waals surface area contributed by atoms with Gasteiger partial charge in [-0.05, 0) is 56.2 Å². The number of rotatable bonds is 7. The minimum absolute atomic E-state index is 0.156. The van der Waals surface area contributed by atoms with Gasteiger partial charge in [-0.3, -0.25) is 9.80 Å². The number of aromatic nitrogens is 2. The van der Waals surface area contributed by atoms with Gasteiger partial charge in [-0.2, -0.15) is 15.2 Å². The normalized spacial score (nSPS) is 26.5. The van der Waals surface area contributed by atoms with E-state index in [-0.39, 0.29) is 6.42 Å². The van der Waals surface area contributed by atoms with Gasteiger partial charge in [0.25, 0.3) is 0 Å². The van der Waals surface area contributed by atoms with Crippen LogP contribution >= 0.6 is 0 Å². The van der Waals surface area contributed by atoms with Gasteiger partial charge >= 0.3 is 12.1 Å². The molecule has 3 aliphatic heterocycles. The Kier molecular flexibility index (Phi) is 6.72. The summed E-state index contributed by atoms with van der Waals surface area (Å²) >= 11 is 0. The Morgan fingerprint density at radius 3 is 2.77 bits per heavy atom. The lowest BCUT2D eigenvalue weighted by molar-refractivity contribution is 0.118.